The van der Waals surface area contributed by atoms with Crippen molar-refractivity contribution < 1.29 is 4.79 Å². The molecule has 116 valence electrons. The van der Waals surface area contributed by atoms with E-state index in [1.54, 1.807) is 24.8 Å². The van der Waals surface area contributed by atoms with E-state index in [2.05, 4.69) is 19.9 Å². The number of thiophene rings is 1. The molecule has 3 aromatic heterocycles. The van der Waals surface area contributed by atoms with Gasteiger partial charge in [0.15, 0.2) is 5.82 Å². The van der Waals surface area contributed by atoms with E-state index in [9.17, 15) is 4.79 Å². The van der Waals surface area contributed by atoms with Crippen LogP contribution in [0.3, 0.4) is 0 Å². The average molecular weight is 325 g/mol. The van der Waals surface area contributed by atoms with Crippen molar-refractivity contribution in [3.05, 3.63) is 52.9 Å². The molecule has 1 N–H and O–H groups in total. The number of aromatic nitrogens is 4. The molecule has 0 radical (unpaired) electrons. The maximum absolute atomic E-state index is 12.8. The van der Waals surface area contributed by atoms with Crippen molar-refractivity contribution >= 4 is 17.2 Å². The van der Waals surface area contributed by atoms with Crippen LogP contribution < -0.4 is 0 Å². The monoisotopic (exact) mass is 325 g/mol. The summed E-state index contributed by atoms with van der Waals surface area (Å²) in [6.07, 6.45) is 8.64. The molecule has 1 fully saturated rings. The van der Waals surface area contributed by atoms with Gasteiger partial charge >= 0.3 is 0 Å². The Kier molecular flexibility index (Phi) is 3.63. The van der Waals surface area contributed by atoms with Crippen LogP contribution in [0.5, 0.6) is 0 Å². The van der Waals surface area contributed by atoms with Gasteiger partial charge in [-0.3, -0.25) is 9.78 Å². The Bertz CT molecular complexity index is 800. The van der Waals surface area contributed by atoms with E-state index in [1.807, 2.05) is 22.4 Å². The van der Waals surface area contributed by atoms with Gasteiger partial charge < -0.3 is 9.88 Å². The van der Waals surface area contributed by atoms with Gasteiger partial charge in [0.2, 0.25) is 0 Å². The molecule has 23 heavy (non-hydrogen) atoms. The summed E-state index contributed by atoms with van der Waals surface area (Å²) < 4.78 is 0. The van der Waals surface area contributed by atoms with Crippen molar-refractivity contribution in [3.8, 4) is 11.5 Å². The van der Waals surface area contributed by atoms with E-state index >= 15 is 0 Å². The Morgan fingerprint density at radius 2 is 2.17 bits per heavy atom. The number of nitrogens with one attached hydrogen (secondary N) is 1. The summed E-state index contributed by atoms with van der Waals surface area (Å²) in [5.74, 6) is 0.752. The highest BCUT2D eigenvalue weighted by Gasteiger charge is 2.34. The Balaban J connectivity index is 1.71. The third-order valence-electron chi connectivity index (χ3n) is 4.01. The van der Waals surface area contributed by atoms with Crippen molar-refractivity contribution in [1.82, 2.24) is 24.8 Å². The lowest BCUT2D eigenvalue weighted by Gasteiger charge is -2.24. The maximum Gasteiger partial charge on any atom is 0.264 e. The van der Waals surface area contributed by atoms with Crippen LogP contribution in [0.2, 0.25) is 0 Å². The number of imidazole rings is 1. The summed E-state index contributed by atoms with van der Waals surface area (Å²) in [6.45, 7) is 0.746. The zero-order chi connectivity index (χ0) is 15.6. The zero-order valence-electron chi connectivity index (χ0n) is 12.3. The van der Waals surface area contributed by atoms with Crippen LogP contribution in [0.25, 0.3) is 11.5 Å². The van der Waals surface area contributed by atoms with Crippen LogP contribution in [0.15, 0.2) is 42.3 Å². The summed E-state index contributed by atoms with van der Waals surface area (Å²) in [4.78, 5) is 31.7. The predicted molar refractivity (Wildman–Crippen MR) is 86.9 cm³/mol. The minimum atomic E-state index is -0.0570. The van der Waals surface area contributed by atoms with E-state index in [0.717, 1.165) is 30.0 Å². The Morgan fingerprint density at radius 3 is 2.96 bits per heavy atom. The first-order valence-corrected chi connectivity index (χ1v) is 8.37. The molecule has 1 saturated heterocycles. The standard InChI is InChI=1S/C16H15N5OS/c22-16(12-4-2-10-23-12)21-9-1-3-11(21)13-14(18-6-5-17-13)15-19-7-8-20-15/h2,4-8,10-11H,1,3,9H2,(H,19,20). The van der Waals surface area contributed by atoms with Crippen molar-refractivity contribution in [2.75, 3.05) is 6.54 Å². The second-order valence-electron chi connectivity index (χ2n) is 5.36. The third kappa shape index (κ3) is 2.53. The van der Waals surface area contributed by atoms with Gasteiger partial charge in [-0.05, 0) is 24.3 Å². The van der Waals surface area contributed by atoms with Crippen molar-refractivity contribution in [1.29, 1.82) is 0 Å². The molecule has 0 bridgehead atoms. The molecule has 4 rings (SSSR count). The Morgan fingerprint density at radius 1 is 1.26 bits per heavy atom. The fourth-order valence-corrected chi connectivity index (χ4v) is 3.68. The van der Waals surface area contributed by atoms with E-state index in [4.69, 9.17) is 0 Å². The van der Waals surface area contributed by atoms with E-state index < -0.39 is 0 Å². The van der Waals surface area contributed by atoms with E-state index in [-0.39, 0.29) is 11.9 Å². The number of hydrogen-bond donors (Lipinski definition) is 1. The van der Waals surface area contributed by atoms with Crippen LogP contribution in [0, 0.1) is 0 Å². The van der Waals surface area contributed by atoms with Crippen molar-refractivity contribution in [2.45, 2.75) is 18.9 Å². The molecule has 1 atom stereocenters. The number of H-pyrrole nitrogens is 1. The Hall–Kier alpha value is -2.54. The molecule has 0 aromatic carbocycles. The molecule has 1 aliphatic heterocycles. The van der Waals surface area contributed by atoms with E-state index in [1.165, 1.54) is 11.3 Å². The van der Waals surface area contributed by atoms with Crippen molar-refractivity contribution in [2.24, 2.45) is 0 Å². The first kappa shape index (κ1) is 14.1. The number of nitrogens with zero attached hydrogens (tertiary/aromatic N) is 4. The predicted octanol–water partition coefficient (Wildman–Crippen LogP) is 2.91. The van der Waals surface area contributed by atoms with Gasteiger partial charge in [-0.1, -0.05) is 6.07 Å². The smallest absolute Gasteiger partial charge is 0.264 e. The highest BCUT2D eigenvalue weighted by Crippen LogP contribution is 2.35. The second kappa shape index (κ2) is 5.92. The van der Waals surface area contributed by atoms with Crippen molar-refractivity contribution in [3.63, 3.8) is 0 Å². The highest BCUT2D eigenvalue weighted by atomic mass is 32.1. The molecule has 6 nitrogen and oxygen atoms in total. The molecule has 4 heterocycles. The molecule has 0 saturated carbocycles. The second-order valence-corrected chi connectivity index (χ2v) is 6.31. The van der Waals surface area contributed by atoms with Gasteiger partial charge in [-0.2, -0.15) is 0 Å². The topological polar surface area (TPSA) is 74.8 Å². The fourth-order valence-electron chi connectivity index (χ4n) is 3.01. The molecule has 3 aromatic rings. The third-order valence-corrected chi connectivity index (χ3v) is 4.87. The quantitative estimate of drug-likeness (QED) is 0.803. The van der Waals surface area contributed by atoms with Gasteiger partial charge in [-0.25, -0.2) is 9.97 Å². The number of carbonyl (C=O) groups excluding carboxylic acids is 1. The molecule has 0 aliphatic carbocycles. The summed E-state index contributed by atoms with van der Waals surface area (Å²) in [5, 5.41) is 1.93. The lowest BCUT2D eigenvalue weighted by Crippen LogP contribution is -2.30. The minimum absolute atomic E-state index is 0.0570. The number of aromatic amines is 1. The first-order chi connectivity index (χ1) is 11.3. The van der Waals surface area contributed by atoms with Crippen LogP contribution in [0.1, 0.15) is 34.2 Å². The molecule has 1 aliphatic rings. The number of likely N-dealkylation sites (tertiary alicyclic amines) is 1. The zero-order valence-corrected chi connectivity index (χ0v) is 13.2. The maximum atomic E-state index is 12.8. The van der Waals surface area contributed by atoms with Gasteiger partial charge in [0, 0.05) is 31.3 Å². The summed E-state index contributed by atoms with van der Waals surface area (Å²) in [7, 11) is 0. The highest BCUT2D eigenvalue weighted by molar-refractivity contribution is 7.12. The van der Waals surface area contributed by atoms with Crippen LogP contribution in [0.4, 0.5) is 0 Å². The SMILES string of the molecule is O=C(c1cccs1)N1CCCC1c1nccnc1-c1ncc[nH]1. The largest absolute Gasteiger partial charge is 0.343 e. The molecule has 0 spiro atoms. The fraction of sp³-hybridized carbons (Fsp3) is 0.250. The Labute approximate surface area is 137 Å². The molecule has 1 unspecified atom stereocenters. The summed E-state index contributed by atoms with van der Waals surface area (Å²) in [6, 6.07) is 3.71. The van der Waals surface area contributed by atoms with Gasteiger partial charge in [-0.15, -0.1) is 11.3 Å². The lowest BCUT2D eigenvalue weighted by molar-refractivity contribution is 0.0738. The number of hydrogen-bond acceptors (Lipinski definition) is 5. The molecular formula is C16H15N5OS. The summed E-state index contributed by atoms with van der Waals surface area (Å²) in [5.41, 5.74) is 1.53. The average Bonchev–Trinajstić information content (AvgIpc) is 3.36. The van der Waals surface area contributed by atoms with Gasteiger partial charge in [0.25, 0.3) is 5.91 Å². The molecule has 7 heteroatoms. The number of rotatable bonds is 3. The van der Waals surface area contributed by atoms with Crippen LogP contribution in [-0.4, -0.2) is 37.3 Å². The van der Waals surface area contributed by atoms with Gasteiger partial charge in [0.05, 0.1) is 16.6 Å². The lowest BCUT2D eigenvalue weighted by atomic mass is 10.1. The number of amides is 1. The minimum Gasteiger partial charge on any atom is -0.343 e. The molecule has 1 amide bonds. The van der Waals surface area contributed by atoms with Gasteiger partial charge in [0.1, 0.15) is 5.69 Å². The summed E-state index contributed by atoms with van der Waals surface area (Å²) >= 11 is 1.47. The van der Waals surface area contributed by atoms with Crippen LogP contribution >= 0.6 is 11.3 Å². The van der Waals surface area contributed by atoms with E-state index in [0.29, 0.717) is 11.5 Å². The number of carbonyl (C=O) groups is 1. The normalized spacial score (nSPS) is 17.6. The van der Waals surface area contributed by atoms with Crippen LogP contribution in [-0.2, 0) is 0 Å². The molecular weight excluding hydrogens is 310 g/mol. The first-order valence-electron chi connectivity index (χ1n) is 7.50.